The number of hydrogen-bond donors (Lipinski definition) is 2. The first-order valence-electron chi connectivity index (χ1n) is 10.7. The maximum Gasteiger partial charge on any atom is 0.293 e. The summed E-state index contributed by atoms with van der Waals surface area (Å²) in [7, 11) is 0. The molecule has 1 saturated heterocycles. The fourth-order valence-corrected chi connectivity index (χ4v) is 3.51. The number of amides is 3. The van der Waals surface area contributed by atoms with Gasteiger partial charge >= 0.3 is 0 Å². The van der Waals surface area contributed by atoms with Crippen LogP contribution in [0.4, 0.5) is 22.7 Å². The zero-order valence-corrected chi connectivity index (χ0v) is 18.8. The molecule has 0 aromatic heterocycles. The van der Waals surface area contributed by atoms with Gasteiger partial charge in [-0.2, -0.15) is 0 Å². The van der Waals surface area contributed by atoms with Gasteiger partial charge in [-0.15, -0.1) is 0 Å². The van der Waals surface area contributed by atoms with Crippen LogP contribution in [-0.2, 0) is 9.59 Å². The molecule has 0 saturated carbocycles. The largest absolute Gasteiger partial charge is 0.362 e. The van der Waals surface area contributed by atoms with Crippen molar-refractivity contribution in [3.63, 3.8) is 0 Å². The van der Waals surface area contributed by atoms with Gasteiger partial charge in [0.15, 0.2) is 0 Å². The van der Waals surface area contributed by atoms with E-state index in [0.717, 1.165) is 0 Å². The van der Waals surface area contributed by atoms with Crippen LogP contribution in [0, 0.1) is 16.0 Å². The van der Waals surface area contributed by atoms with Crippen LogP contribution in [0.2, 0.25) is 0 Å². The Bertz CT molecular complexity index is 1080. The average Bonchev–Trinajstić information content (AvgIpc) is 2.78. The third-order valence-corrected chi connectivity index (χ3v) is 5.41. The van der Waals surface area contributed by atoms with Gasteiger partial charge in [-0.1, -0.05) is 19.9 Å². The van der Waals surface area contributed by atoms with E-state index in [9.17, 15) is 24.5 Å². The number of benzene rings is 2. The SMILES string of the molecule is CC(=O)N1CCN(c2ccc(C(=O)Nc3cccc(NC(=O)C(C)C)c3)cc2[N+](=O)[O-])CC1. The van der Waals surface area contributed by atoms with Crippen molar-refractivity contribution in [1.82, 2.24) is 4.90 Å². The lowest BCUT2D eigenvalue weighted by molar-refractivity contribution is -0.384. The fourth-order valence-electron chi connectivity index (χ4n) is 3.51. The number of nitro groups is 1. The normalized spacial score (nSPS) is 13.6. The highest BCUT2D eigenvalue weighted by atomic mass is 16.6. The number of hydrogen-bond acceptors (Lipinski definition) is 6. The van der Waals surface area contributed by atoms with Crippen molar-refractivity contribution < 1.29 is 19.3 Å². The quantitative estimate of drug-likeness (QED) is 0.511. The molecule has 0 aliphatic carbocycles. The monoisotopic (exact) mass is 453 g/mol. The maximum absolute atomic E-state index is 12.8. The number of rotatable bonds is 6. The number of nitrogens with one attached hydrogen (secondary N) is 2. The van der Waals surface area contributed by atoms with Crippen molar-refractivity contribution in [2.45, 2.75) is 20.8 Å². The van der Waals surface area contributed by atoms with Crippen molar-refractivity contribution in [2.75, 3.05) is 41.7 Å². The molecule has 1 heterocycles. The molecule has 0 unspecified atom stereocenters. The van der Waals surface area contributed by atoms with Gasteiger partial charge in [0, 0.05) is 62.0 Å². The van der Waals surface area contributed by atoms with Crippen LogP contribution in [-0.4, -0.2) is 53.7 Å². The van der Waals surface area contributed by atoms with E-state index in [0.29, 0.717) is 43.2 Å². The summed E-state index contributed by atoms with van der Waals surface area (Å²) in [6.07, 6.45) is 0. The predicted molar refractivity (Wildman–Crippen MR) is 125 cm³/mol. The van der Waals surface area contributed by atoms with Crippen molar-refractivity contribution >= 4 is 40.5 Å². The van der Waals surface area contributed by atoms with E-state index in [2.05, 4.69) is 10.6 Å². The summed E-state index contributed by atoms with van der Waals surface area (Å²) in [5.41, 5.74) is 1.38. The molecule has 3 amide bonds. The van der Waals surface area contributed by atoms with Gasteiger partial charge in [-0.25, -0.2) is 0 Å². The van der Waals surface area contributed by atoms with Crippen LogP contribution in [0.1, 0.15) is 31.1 Å². The molecule has 0 atom stereocenters. The van der Waals surface area contributed by atoms with E-state index < -0.39 is 10.8 Å². The number of carbonyl (C=O) groups is 3. The summed E-state index contributed by atoms with van der Waals surface area (Å²) in [6.45, 7) is 6.97. The Hall–Kier alpha value is -3.95. The van der Waals surface area contributed by atoms with Gasteiger partial charge in [0.05, 0.1) is 4.92 Å². The number of piperazine rings is 1. The highest BCUT2D eigenvalue weighted by Gasteiger charge is 2.26. The summed E-state index contributed by atoms with van der Waals surface area (Å²) in [4.78, 5) is 50.9. The third kappa shape index (κ3) is 5.85. The zero-order chi connectivity index (χ0) is 24.1. The van der Waals surface area contributed by atoms with Crippen LogP contribution in [0.5, 0.6) is 0 Å². The van der Waals surface area contributed by atoms with Gasteiger partial charge in [-0.05, 0) is 30.3 Å². The summed E-state index contributed by atoms with van der Waals surface area (Å²) < 4.78 is 0. The molecule has 1 aliphatic heterocycles. The Morgan fingerprint density at radius 2 is 1.61 bits per heavy atom. The van der Waals surface area contributed by atoms with Crippen LogP contribution in [0.3, 0.4) is 0 Å². The molecule has 10 nitrogen and oxygen atoms in total. The molecule has 2 aromatic carbocycles. The first-order valence-corrected chi connectivity index (χ1v) is 10.7. The Balaban J connectivity index is 1.75. The van der Waals surface area contributed by atoms with E-state index in [4.69, 9.17) is 0 Å². The Morgan fingerprint density at radius 1 is 0.970 bits per heavy atom. The molecule has 2 aromatic rings. The second-order valence-electron chi connectivity index (χ2n) is 8.13. The minimum absolute atomic E-state index is 0.0241. The second-order valence-corrected chi connectivity index (χ2v) is 8.13. The molecule has 174 valence electrons. The number of anilines is 3. The van der Waals surface area contributed by atoms with Crippen LogP contribution in [0.25, 0.3) is 0 Å². The molecular weight excluding hydrogens is 426 g/mol. The number of nitrogens with zero attached hydrogens (tertiary/aromatic N) is 3. The number of nitro benzene ring substituents is 1. The molecule has 0 spiro atoms. The highest BCUT2D eigenvalue weighted by Crippen LogP contribution is 2.30. The lowest BCUT2D eigenvalue weighted by Gasteiger charge is -2.35. The summed E-state index contributed by atoms with van der Waals surface area (Å²) in [5, 5.41) is 17.2. The summed E-state index contributed by atoms with van der Waals surface area (Å²) in [6, 6.07) is 11.1. The molecule has 10 heteroatoms. The van der Waals surface area contributed by atoms with Crippen LogP contribution >= 0.6 is 0 Å². The standard InChI is InChI=1S/C23H27N5O5/c1-15(2)22(30)24-18-5-4-6-19(14-18)25-23(31)17-7-8-20(21(13-17)28(32)33)27-11-9-26(10-12-27)16(3)29/h4-8,13-15H,9-12H2,1-3H3,(H,24,30)(H,25,31). The Labute approximate surface area is 191 Å². The van der Waals surface area contributed by atoms with E-state index >= 15 is 0 Å². The highest BCUT2D eigenvalue weighted by molar-refractivity contribution is 6.05. The van der Waals surface area contributed by atoms with Crippen molar-refractivity contribution in [3.8, 4) is 0 Å². The molecule has 0 radical (unpaired) electrons. The molecular formula is C23H27N5O5. The fraction of sp³-hybridized carbons (Fsp3) is 0.348. The Morgan fingerprint density at radius 3 is 2.18 bits per heavy atom. The van der Waals surface area contributed by atoms with Gasteiger partial charge in [0.2, 0.25) is 11.8 Å². The van der Waals surface area contributed by atoms with Crippen molar-refractivity contribution in [1.29, 1.82) is 0 Å². The lowest BCUT2D eigenvalue weighted by Crippen LogP contribution is -2.48. The minimum atomic E-state index is -0.508. The van der Waals surface area contributed by atoms with Crippen LogP contribution in [0.15, 0.2) is 42.5 Å². The van der Waals surface area contributed by atoms with E-state index in [1.165, 1.54) is 13.0 Å². The zero-order valence-electron chi connectivity index (χ0n) is 18.8. The Kier molecular flexibility index (Phi) is 7.27. The predicted octanol–water partition coefficient (Wildman–Crippen LogP) is 3.11. The molecule has 1 aliphatic rings. The van der Waals surface area contributed by atoms with Gasteiger partial charge in [-0.3, -0.25) is 24.5 Å². The van der Waals surface area contributed by atoms with E-state index in [1.807, 2.05) is 4.90 Å². The minimum Gasteiger partial charge on any atom is -0.362 e. The van der Waals surface area contributed by atoms with E-state index in [1.54, 1.807) is 55.1 Å². The van der Waals surface area contributed by atoms with Gasteiger partial charge in [0.25, 0.3) is 11.6 Å². The molecule has 0 bridgehead atoms. The lowest BCUT2D eigenvalue weighted by atomic mass is 10.1. The summed E-state index contributed by atoms with van der Waals surface area (Å²) in [5.74, 6) is -0.857. The van der Waals surface area contributed by atoms with Crippen LogP contribution < -0.4 is 15.5 Å². The molecule has 3 rings (SSSR count). The van der Waals surface area contributed by atoms with E-state index in [-0.39, 0.29) is 29.0 Å². The first kappa shape index (κ1) is 23.7. The topological polar surface area (TPSA) is 125 Å². The number of carbonyl (C=O) groups excluding carboxylic acids is 3. The maximum atomic E-state index is 12.8. The molecule has 1 fully saturated rings. The molecule has 33 heavy (non-hydrogen) atoms. The average molecular weight is 453 g/mol. The summed E-state index contributed by atoms with van der Waals surface area (Å²) >= 11 is 0. The van der Waals surface area contributed by atoms with Crippen molar-refractivity contribution in [3.05, 3.63) is 58.1 Å². The second kappa shape index (κ2) is 10.1. The van der Waals surface area contributed by atoms with Gasteiger partial charge < -0.3 is 20.4 Å². The third-order valence-electron chi connectivity index (χ3n) is 5.41. The first-order chi connectivity index (χ1) is 15.7. The van der Waals surface area contributed by atoms with Crippen molar-refractivity contribution in [2.24, 2.45) is 5.92 Å². The molecule has 2 N–H and O–H groups in total. The smallest absolute Gasteiger partial charge is 0.293 e. The van der Waals surface area contributed by atoms with Gasteiger partial charge in [0.1, 0.15) is 5.69 Å².